The first kappa shape index (κ1) is 12.1. The van der Waals surface area contributed by atoms with E-state index in [-0.39, 0.29) is 12.1 Å². The van der Waals surface area contributed by atoms with Crippen molar-refractivity contribution in [3.05, 3.63) is 29.3 Å². The minimum atomic E-state index is 0.0668. The molecule has 84 valence electrons. The van der Waals surface area contributed by atoms with Crippen molar-refractivity contribution < 1.29 is 4.74 Å². The molecule has 0 aromatic heterocycles. The average molecular weight is 207 g/mol. The van der Waals surface area contributed by atoms with E-state index in [1.54, 1.807) is 0 Å². The van der Waals surface area contributed by atoms with Crippen LogP contribution in [0, 0.1) is 13.8 Å². The lowest BCUT2D eigenvalue weighted by molar-refractivity contribution is 0.187. The maximum absolute atomic E-state index is 5.91. The lowest BCUT2D eigenvalue weighted by atomic mass is 10.1. The van der Waals surface area contributed by atoms with Gasteiger partial charge in [0.1, 0.15) is 11.9 Å². The fraction of sp³-hybridized carbons (Fsp3) is 0.538. The summed E-state index contributed by atoms with van der Waals surface area (Å²) in [6.45, 7) is 8.28. The van der Waals surface area contributed by atoms with Gasteiger partial charge in [-0.3, -0.25) is 0 Å². The van der Waals surface area contributed by atoms with Crippen LogP contribution in [0.2, 0.25) is 0 Å². The highest BCUT2D eigenvalue weighted by molar-refractivity contribution is 5.33. The fourth-order valence-corrected chi connectivity index (χ4v) is 1.42. The summed E-state index contributed by atoms with van der Waals surface area (Å²) in [7, 11) is 0. The Morgan fingerprint density at radius 1 is 1.27 bits per heavy atom. The Labute approximate surface area is 92.4 Å². The van der Waals surface area contributed by atoms with Gasteiger partial charge in [-0.05, 0) is 50.5 Å². The summed E-state index contributed by atoms with van der Waals surface area (Å²) in [5, 5.41) is 0. The maximum Gasteiger partial charge on any atom is 0.120 e. The van der Waals surface area contributed by atoms with Crippen LogP contribution in [0.3, 0.4) is 0 Å². The molecule has 0 fully saturated rings. The van der Waals surface area contributed by atoms with Crippen LogP contribution in [0.5, 0.6) is 5.75 Å². The van der Waals surface area contributed by atoms with Crippen molar-refractivity contribution in [3.8, 4) is 5.75 Å². The van der Waals surface area contributed by atoms with Crippen molar-refractivity contribution in [1.82, 2.24) is 0 Å². The highest BCUT2D eigenvalue weighted by atomic mass is 16.5. The Kier molecular flexibility index (Phi) is 4.15. The Hall–Kier alpha value is -1.02. The molecule has 0 saturated heterocycles. The molecule has 1 aromatic carbocycles. The van der Waals surface area contributed by atoms with E-state index in [1.165, 1.54) is 11.1 Å². The molecule has 0 aliphatic carbocycles. The van der Waals surface area contributed by atoms with Crippen molar-refractivity contribution in [2.75, 3.05) is 0 Å². The van der Waals surface area contributed by atoms with Crippen molar-refractivity contribution in [1.29, 1.82) is 0 Å². The Morgan fingerprint density at radius 3 is 2.47 bits per heavy atom. The predicted octanol–water partition coefficient (Wildman–Crippen LogP) is 2.81. The first-order valence-corrected chi connectivity index (χ1v) is 5.54. The number of aryl methyl sites for hydroxylation is 2. The molecule has 2 nitrogen and oxygen atoms in total. The molecule has 0 aliphatic rings. The van der Waals surface area contributed by atoms with Crippen LogP contribution < -0.4 is 10.5 Å². The second-order valence-electron chi connectivity index (χ2n) is 4.14. The number of hydrogen-bond acceptors (Lipinski definition) is 2. The summed E-state index contributed by atoms with van der Waals surface area (Å²) in [6.07, 6.45) is 1.00. The van der Waals surface area contributed by atoms with Gasteiger partial charge in [-0.1, -0.05) is 13.0 Å². The minimum Gasteiger partial charge on any atom is -0.489 e. The number of rotatable bonds is 4. The van der Waals surface area contributed by atoms with E-state index >= 15 is 0 Å². The number of benzene rings is 1. The van der Waals surface area contributed by atoms with E-state index < -0.39 is 0 Å². The smallest absolute Gasteiger partial charge is 0.120 e. The molecular weight excluding hydrogens is 186 g/mol. The van der Waals surface area contributed by atoms with E-state index in [0.717, 1.165) is 12.2 Å². The van der Waals surface area contributed by atoms with E-state index in [9.17, 15) is 0 Å². The van der Waals surface area contributed by atoms with Gasteiger partial charge in [-0.15, -0.1) is 0 Å². The van der Waals surface area contributed by atoms with Crippen LogP contribution in [0.1, 0.15) is 31.4 Å². The number of ether oxygens (including phenoxy) is 1. The zero-order chi connectivity index (χ0) is 11.4. The van der Waals surface area contributed by atoms with E-state index in [2.05, 4.69) is 32.9 Å². The van der Waals surface area contributed by atoms with Crippen LogP contribution >= 0.6 is 0 Å². The van der Waals surface area contributed by atoms with Gasteiger partial charge in [-0.25, -0.2) is 0 Å². The van der Waals surface area contributed by atoms with Crippen molar-refractivity contribution in [3.63, 3.8) is 0 Å². The highest BCUT2D eigenvalue weighted by Crippen LogP contribution is 2.18. The van der Waals surface area contributed by atoms with Gasteiger partial charge in [0.05, 0.1) is 0 Å². The van der Waals surface area contributed by atoms with Crippen molar-refractivity contribution in [2.24, 2.45) is 5.73 Å². The highest BCUT2D eigenvalue weighted by Gasteiger charge is 2.12. The molecule has 2 unspecified atom stereocenters. The maximum atomic E-state index is 5.91. The zero-order valence-corrected chi connectivity index (χ0v) is 10.1. The molecular formula is C13H21NO. The second-order valence-corrected chi connectivity index (χ2v) is 4.14. The fourth-order valence-electron chi connectivity index (χ4n) is 1.42. The summed E-state index contributed by atoms with van der Waals surface area (Å²) in [4.78, 5) is 0. The van der Waals surface area contributed by atoms with E-state index in [4.69, 9.17) is 10.5 Å². The van der Waals surface area contributed by atoms with E-state index in [1.807, 2.05) is 13.0 Å². The molecule has 0 bridgehead atoms. The number of nitrogens with two attached hydrogens (primary N) is 1. The lowest BCUT2D eigenvalue weighted by Gasteiger charge is -2.20. The summed E-state index contributed by atoms with van der Waals surface area (Å²) in [5.41, 5.74) is 8.45. The second kappa shape index (κ2) is 5.17. The predicted molar refractivity (Wildman–Crippen MR) is 64.3 cm³/mol. The number of hydrogen-bond donors (Lipinski definition) is 1. The monoisotopic (exact) mass is 207 g/mol. The lowest BCUT2D eigenvalue weighted by Crippen LogP contribution is -2.35. The molecule has 0 heterocycles. The van der Waals surface area contributed by atoms with Crippen LogP contribution in [0.25, 0.3) is 0 Å². The van der Waals surface area contributed by atoms with Crippen LogP contribution in [0.4, 0.5) is 0 Å². The minimum absolute atomic E-state index is 0.0668. The molecule has 0 aliphatic heterocycles. The Morgan fingerprint density at radius 2 is 1.93 bits per heavy atom. The molecule has 0 saturated carbocycles. The first-order valence-electron chi connectivity index (χ1n) is 5.54. The Bertz CT molecular complexity index is 322. The normalized spacial score (nSPS) is 14.7. The molecule has 0 radical (unpaired) electrons. The SMILES string of the molecule is CCC(N)C(C)Oc1ccc(C)c(C)c1. The quantitative estimate of drug-likeness (QED) is 0.824. The van der Waals surface area contributed by atoms with Gasteiger partial charge in [0.2, 0.25) is 0 Å². The molecule has 2 atom stereocenters. The van der Waals surface area contributed by atoms with Gasteiger partial charge in [0.25, 0.3) is 0 Å². The molecule has 0 amide bonds. The Balaban J connectivity index is 2.68. The summed E-state index contributed by atoms with van der Waals surface area (Å²) < 4.78 is 5.78. The third-order valence-electron chi connectivity index (χ3n) is 2.87. The molecule has 1 aromatic rings. The zero-order valence-electron chi connectivity index (χ0n) is 10.1. The van der Waals surface area contributed by atoms with Gasteiger partial charge in [-0.2, -0.15) is 0 Å². The molecule has 2 N–H and O–H groups in total. The van der Waals surface area contributed by atoms with Gasteiger partial charge in [0.15, 0.2) is 0 Å². The van der Waals surface area contributed by atoms with Crippen molar-refractivity contribution in [2.45, 2.75) is 46.3 Å². The standard InChI is InChI=1S/C13H21NO/c1-5-13(14)11(4)15-12-7-6-9(2)10(3)8-12/h6-8,11,13H,5,14H2,1-4H3. The topological polar surface area (TPSA) is 35.2 Å². The molecule has 1 rings (SSSR count). The van der Waals surface area contributed by atoms with E-state index in [0.29, 0.717) is 0 Å². The molecule has 2 heteroatoms. The van der Waals surface area contributed by atoms with Crippen LogP contribution in [0.15, 0.2) is 18.2 Å². The van der Waals surface area contributed by atoms with Gasteiger partial charge in [0, 0.05) is 6.04 Å². The molecule has 15 heavy (non-hydrogen) atoms. The van der Waals surface area contributed by atoms with Gasteiger partial charge < -0.3 is 10.5 Å². The molecule has 0 spiro atoms. The van der Waals surface area contributed by atoms with Gasteiger partial charge >= 0.3 is 0 Å². The third kappa shape index (κ3) is 3.24. The average Bonchev–Trinajstić information content (AvgIpc) is 2.22. The van der Waals surface area contributed by atoms with Crippen LogP contribution in [-0.2, 0) is 0 Å². The van der Waals surface area contributed by atoms with Crippen molar-refractivity contribution >= 4 is 0 Å². The first-order chi connectivity index (χ1) is 7.04. The summed E-state index contributed by atoms with van der Waals surface area (Å²) >= 11 is 0. The summed E-state index contributed by atoms with van der Waals surface area (Å²) in [6, 6.07) is 6.25. The largest absolute Gasteiger partial charge is 0.489 e. The third-order valence-corrected chi connectivity index (χ3v) is 2.87. The van der Waals surface area contributed by atoms with Crippen LogP contribution in [-0.4, -0.2) is 12.1 Å². The summed E-state index contributed by atoms with van der Waals surface area (Å²) in [5.74, 6) is 0.912.